The minimum absolute atomic E-state index is 0.113. The molecule has 0 saturated heterocycles. The molecule has 2 N–H and O–H groups in total. The number of nitrogens with one attached hydrogen (secondary N) is 1. The first-order valence-corrected chi connectivity index (χ1v) is 5.73. The van der Waals surface area contributed by atoms with Crippen LogP contribution in [0.4, 0.5) is 23.2 Å². The molecule has 0 aromatic heterocycles. The minimum atomic E-state index is -4.42. The van der Waals surface area contributed by atoms with Crippen LogP contribution in [-0.2, 0) is 6.54 Å². The van der Waals surface area contributed by atoms with E-state index in [2.05, 4.69) is 5.32 Å². The highest BCUT2D eigenvalue weighted by atomic mass is 19.4. The first kappa shape index (κ1) is 15.7. The van der Waals surface area contributed by atoms with E-state index in [0.29, 0.717) is 0 Å². The number of nitrogens with zero attached hydrogens (tertiary/aromatic N) is 1. The molecule has 1 rings (SSSR count). The highest BCUT2D eigenvalue weighted by Gasteiger charge is 2.31. The third-order valence-electron chi connectivity index (χ3n) is 2.53. The third kappa shape index (κ3) is 4.68. The Labute approximate surface area is 108 Å². The van der Waals surface area contributed by atoms with Crippen molar-refractivity contribution in [3.05, 3.63) is 29.6 Å². The van der Waals surface area contributed by atoms with Crippen molar-refractivity contribution in [2.75, 3.05) is 31.6 Å². The standard InChI is InChI=1S/C12H16F4N2O/c1-17-7-9-10(13)3-2-4-11(9)18(5-6-19)8-12(14,15)16/h2-4,17,19H,5-8H2,1H3. The summed E-state index contributed by atoms with van der Waals surface area (Å²) in [6.45, 7) is -1.76. The number of aliphatic hydroxyl groups excluding tert-OH is 1. The zero-order chi connectivity index (χ0) is 14.5. The third-order valence-corrected chi connectivity index (χ3v) is 2.53. The van der Waals surface area contributed by atoms with Crippen LogP contribution in [-0.4, -0.2) is 38.0 Å². The minimum Gasteiger partial charge on any atom is -0.395 e. The van der Waals surface area contributed by atoms with Gasteiger partial charge in [0.05, 0.1) is 6.61 Å². The maximum atomic E-state index is 13.7. The highest BCUT2D eigenvalue weighted by Crippen LogP contribution is 2.26. The Morgan fingerprint density at radius 2 is 2.00 bits per heavy atom. The summed E-state index contributed by atoms with van der Waals surface area (Å²) >= 11 is 0. The van der Waals surface area contributed by atoms with Crippen LogP contribution in [0.1, 0.15) is 5.56 Å². The molecule has 0 spiro atoms. The van der Waals surface area contributed by atoms with Crippen LogP contribution in [0.5, 0.6) is 0 Å². The van der Waals surface area contributed by atoms with Gasteiger partial charge in [0.15, 0.2) is 0 Å². The van der Waals surface area contributed by atoms with Crippen LogP contribution in [0.15, 0.2) is 18.2 Å². The number of rotatable bonds is 6. The molecule has 0 saturated carbocycles. The second-order valence-corrected chi connectivity index (χ2v) is 4.03. The highest BCUT2D eigenvalue weighted by molar-refractivity contribution is 5.54. The van der Waals surface area contributed by atoms with Gasteiger partial charge in [0.25, 0.3) is 0 Å². The maximum absolute atomic E-state index is 13.7. The Hall–Kier alpha value is -1.34. The molecule has 0 fully saturated rings. The maximum Gasteiger partial charge on any atom is 0.405 e. The lowest BCUT2D eigenvalue weighted by molar-refractivity contribution is -0.119. The number of hydrogen-bond donors (Lipinski definition) is 2. The van der Waals surface area contributed by atoms with Crippen molar-refractivity contribution in [1.82, 2.24) is 5.32 Å². The number of aliphatic hydroxyl groups is 1. The van der Waals surface area contributed by atoms with E-state index in [9.17, 15) is 17.6 Å². The van der Waals surface area contributed by atoms with Crippen molar-refractivity contribution in [2.45, 2.75) is 12.7 Å². The predicted octanol–water partition coefficient (Wildman–Crippen LogP) is 1.91. The summed E-state index contributed by atoms with van der Waals surface area (Å²) in [6.07, 6.45) is -4.42. The summed E-state index contributed by atoms with van der Waals surface area (Å²) in [5, 5.41) is 11.6. The van der Waals surface area contributed by atoms with Crippen molar-refractivity contribution in [3.63, 3.8) is 0 Å². The summed E-state index contributed by atoms with van der Waals surface area (Å²) in [7, 11) is 1.58. The monoisotopic (exact) mass is 280 g/mol. The van der Waals surface area contributed by atoms with Gasteiger partial charge < -0.3 is 15.3 Å². The molecular formula is C12H16F4N2O. The largest absolute Gasteiger partial charge is 0.405 e. The van der Waals surface area contributed by atoms with Crippen LogP contribution in [0.3, 0.4) is 0 Å². The number of halogens is 4. The van der Waals surface area contributed by atoms with E-state index in [1.54, 1.807) is 7.05 Å². The number of alkyl halides is 3. The summed E-state index contributed by atoms with van der Waals surface area (Å²) in [5.74, 6) is -0.572. The number of anilines is 1. The molecule has 0 atom stereocenters. The second-order valence-electron chi connectivity index (χ2n) is 4.03. The Bertz CT molecular complexity index is 409. The smallest absolute Gasteiger partial charge is 0.395 e. The molecule has 0 bridgehead atoms. The summed E-state index contributed by atoms with van der Waals surface area (Å²) in [5.41, 5.74) is 0.295. The summed E-state index contributed by atoms with van der Waals surface area (Å²) in [6, 6.07) is 3.96. The number of hydrogen-bond acceptors (Lipinski definition) is 3. The van der Waals surface area contributed by atoms with Gasteiger partial charge in [0, 0.05) is 24.3 Å². The molecule has 0 radical (unpaired) electrons. The average Bonchev–Trinajstić information content (AvgIpc) is 2.30. The molecule has 1 aromatic rings. The van der Waals surface area contributed by atoms with Gasteiger partial charge in [0.1, 0.15) is 12.4 Å². The summed E-state index contributed by atoms with van der Waals surface area (Å²) in [4.78, 5) is 0.926. The van der Waals surface area contributed by atoms with Crippen molar-refractivity contribution in [1.29, 1.82) is 0 Å². The van der Waals surface area contributed by atoms with E-state index in [4.69, 9.17) is 5.11 Å². The molecule has 108 valence electrons. The molecule has 0 aliphatic rings. The van der Waals surface area contributed by atoms with E-state index in [1.165, 1.54) is 18.2 Å². The van der Waals surface area contributed by atoms with Crippen molar-refractivity contribution >= 4 is 5.69 Å². The topological polar surface area (TPSA) is 35.5 Å². The SMILES string of the molecule is CNCc1c(F)cccc1N(CCO)CC(F)(F)F. The molecule has 7 heteroatoms. The van der Waals surface area contributed by atoms with Gasteiger partial charge in [0.2, 0.25) is 0 Å². The van der Waals surface area contributed by atoms with Gasteiger partial charge in [-0.05, 0) is 19.2 Å². The van der Waals surface area contributed by atoms with Gasteiger partial charge >= 0.3 is 6.18 Å². The normalized spacial score (nSPS) is 11.7. The fourth-order valence-corrected chi connectivity index (χ4v) is 1.82. The Balaban J connectivity index is 3.10. The molecule has 0 unspecified atom stereocenters. The van der Waals surface area contributed by atoms with Crippen LogP contribution in [0, 0.1) is 5.82 Å². The Kier molecular flexibility index (Phi) is 5.56. The lowest BCUT2D eigenvalue weighted by Crippen LogP contribution is -2.37. The molecule has 0 aliphatic carbocycles. The predicted molar refractivity (Wildman–Crippen MR) is 64.5 cm³/mol. The Morgan fingerprint density at radius 3 is 2.53 bits per heavy atom. The van der Waals surface area contributed by atoms with Crippen LogP contribution in [0.25, 0.3) is 0 Å². The fraction of sp³-hybridized carbons (Fsp3) is 0.500. The van der Waals surface area contributed by atoms with Gasteiger partial charge in [-0.25, -0.2) is 4.39 Å². The first-order chi connectivity index (χ1) is 8.89. The van der Waals surface area contributed by atoms with E-state index in [1.807, 2.05) is 0 Å². The van der Waals surface area contributed by atoms with Crippen molar-refractivity contribution in [3.8, 4) is 0 Å². The van der Waals surface area contributed by atoms with Gasteiger partial charge in [-0.1, -0.05) is 6.07 Å². The average molecular weight is 280 g/mol. The van der Waals surface area contributed by atoms with Crippen LogP contribution >= 0.6 is 0 Å². The lowest BCUT2D eigenvalue weighted by atomic mass is 10.1. The van der Waals surface area contributed by atoms with E-state index >= 15 is 0 Å². The zero-order valence-electron chi connectivity index (χ0n) is 10.5. The second kappa shape index (κ2) is 6.72. The summed E-state index contributed by atoms with van der Waals surface area (Å²) < 4.78 is 51.2. The van der Waals surface area contributed by atoms with E-state index < -0.39 is 25.1 Å². The molecular weight excluding hydrogens is 264 g/mol. The van der Waals surface area contributed by atoms with Crippen molar-refractivity contribution in [2.24, 2.45) is 0 Å². The van der Waals surface area contributed by atoms with E-state index in [0.717, 1.165) is 4.90 Å². The molecule has 0 heterocycles. The lowest BCUT2D eigenvalue weighted by Gasteiger charge is -2.27. The van der Waals surface area contributed by atoms with Crippen LogP contribution in [0.2, 0.25) is 0 Å². The van der Waals surface area contributed by atoms with E-state index in [-0.39, 0.29) is 24.3 Å². The molecule has 0 amide bonds. The zero-order valence-corrected chi connectivity index (χ0v) is 10.5. The van der Waals surface area contributed by atoms with Gasteiger partial charge in [-0.2, -0.15) is 13.2 Å². The van der Waals surface area contributed by atoms with Crippen LogP contribution < -0.4 is 10.2 Å². The first-order valence-electron chi connectivity index (χ1n) is 5.73. The molecule has 1 aromatic carbocycles. The van der Waals surface area contributed by atoms with Gasteiger partial charge in [-0.15, -0.1) is 0 Å². The molecule has 3 nitrogen and oxygen atoms in total. The van der Waals surface area contributed by atoms with Gasteiger partial charge in [-0.3, -0.25) is 0 Å². The fourth-order valence-electron chi connectivity index (χ4n) is 1.82. The number of benzene rings is 1. The molecule has 0 aliphatic heterocycles. The van der Waals surface area contributed by atoms with Crippen molar-refractivity contribution < 1.29 is 22.7 Å². The molecule has 19 heavy (non-hydrogen) atoms. The quantitative estimate of drug-likeness (QED) is 0.781. The Morgan fingerprint density at radius 1 is 1.32 bits per heavy atom.